The van der Waals surface area contributed by atoms with Crippen molar-refractivity contribution in [2.24, 2.45) is 0 Å². The third kappa shape index (κ3) is 6.50. The van der Waals surface area contributed by atoms with Crippen LogP contribution in [0, 0.1) is 6.92 Å². The molecule has 4 rings (SSSR count). The number of carbonyl (C=O) groups is 2. The summed E-state index contributed by atoms with van der Waals surface area (Å²) in [5.74, 6) is -0.303. The number of hydrogen-bond donors (Lipinski definition) is 2. The quantitative estimate of drug-likeness (QED) is 0.362. The molecule has 0 atom stereocenters. The second kappa shape index (κ2) is 11.8. The Morgan fingerprint density at radius 2 is 1.61 bits per heavy atom. The van der Waals surface area contributed by atoms with Crippen LogP contribution in [0.4, 0.5) is 11.4 Å². The maximum atomic E-state index is 12.9. The van der Waals surface area contributed by atoms with E-state index in [1.54, 1.807) is 6.08 Å². The lowest BCUT2D eigenvalue weighted by molar-refractivity contribution is -0.115. The molecule has 36 heavy (non-hydrogen) atoms. The van der Waals surface area contributed by atoms with Gasteiger partial charge in [-0.15, -0.1) is 0 Å². The summed E-state index contributed by atoms with van der Waals surface area (Å²) < 4.78 is 0. The fourth-order valence-corrected chi connectivity index (χ4v) is 4.50. The van der Waals surface area contributed by atoms with Crippen LogP contribution < -0.4 is 15.5 Å². The van der Waals surface area contributed by atoms with Gasteiger partial charge < -0.3 is 15.1 Å². The van der Waals surface area contributed by atoms with Crippen molar-refractivity contribution in [1.29, 1.82) is 0 Å². The van der Waals surface area contributed by atoms with Gasteiger partial charge in [-0.05, 0) is 55.0 Å². The number of carbonyl (C=O) groups excluding carboxylic acids is 2. The Kier molecular flexibility index (Phi) is 8.36. The monoisotopic (exact) mass is 518 g/mol. The molecule has 0 spiro atoms. The van der Waals surface area contributed by atoms with Gasteiger partial charge in [0.05, 0.1) is 16.4 Å². The Morgan fingerprint density at radius 3 is 2.31 bits per heavy atom. The van der Waals surface area contributed by atoms with Gasteiger partial charge in [-0.2, -0.15) is 0 Å². The molecule has 0 bridgehead atoms. The van der Waals surface area contributed by atoms with E-state index in [4.69, 9.17) is 23.8 Å². The fourth-order valence-electron chi connectivity index (χ4n) is 3.99. The zero-order chi connectivity index (χ0) is 25.5. The first kappa shape index (κ1) is 25.4. The largest absolute Gasteiger partial charge is 0.365 e. The molecule has 1 heterocycles. The summed E-state index contributed by atoms with van der Waals surface area (Å²) >= 11 is 11.9. The van der Waals surface area contributed by atoms with E-state index in [0.717, 1.165) is 16.8 Å². The number of nitrogens with one attached hydrogen (secondary N) is 2. The van der Waals surface area contributed by atoms with Gasteiger partial charge in [-0.1, -0.05) is 65.7 Å². The van der Waals surface area contributed by atoms with Gasteiger partial charge in [-0.25, -0.2) is 0 Å². The van der Waals surface area contributed by atoms with E-state index in [1.165, 1.54) is 6.08 Å². The highest BCUT2D eigenvalue weighted by molar-refractivity contribution is 7.80. The van der Waals surface area contributed by atoms with Crippen LogP contribution in [-0.2, 0) is 4.79 Å². The number of benzene rings is 3. The standard InChI is InChI=1S/C28H27ClN4O2S/c1-20-10-13-22(14-11-20)27(35)33-18-16-32(17-19-33)26-23(29)8-5-9-24(26)30-28(36)31-25(34)15-12-21-6-3-2-4-7-21/h2-15H,16-19H2,1H3,(H2,30,31,34,36)/b15-12+. The molecule has 3 aromatic carbocycles. The number of halogens is 1. The Labute approximate surface area is 221 Å². The highest BCUT2D eigenvalue weighted by Crippen LogP contribution is 2.34. The lowest BCUT2D eigenvalue weighted by Crippen LogP contribution is -2.49. The number of hydrogen-bond acceptors (Lipinski definition) is 4. The van der Waals surface area contributed by atoms with Gasteiger partial charge in [0, 0.05) is 37.8 Å². The highest BCUT2D eigenvalue weighted by atomic mass is 35.5. The molecule has 1 aliphatic rings. The minimum absolute atomic E-state index is 0.0274. The second-order valence-corrected chi connectivity index (χ2v) is 9.28. The number of rotatable bonds is 5. The molecule has 184 valence electrons. The lowest BCUT2D eigenvalue weighted by Gasteiger charge is -2.37. The summed E-state index contributed by atoms with van der Waals surface area (Å²) in [4.78, 5) is 29.2. The smallest absolute Gasteiger partial charge is 0.253 e. The topological polar surface area (TPSA) is 64.7 Å². The number of para-hydroxylation sites is 1. The summed E-state index contributed by atoms with van der Waals surface area (Å²) in [6.45, 7) is 4.39. The van der Waals surface area contributed by atoms with Gasteiger partial charge in [0.25, 0.3) is 5.91 Å². The zero-order valence-corrected chi connectivity index (χ0v) is 21.5. The molecular weight excluding hydrogens is 492 g/mol. The second-order valence-electron chi connectivity index (χ2n) is 8.47. The van der Waals surface area contributed by atoms with E-state index in [2.05, 4.69) is 15.5 Å². The van der Waals surface area contributed by atoms with E-state index in [1.807, 2.05) is 84.6 Å². The van der Waals surface area contributed by atoms with Crippen molar-refractivity contribution in [3.05, 3.63) is 101 Å². The Morgan fingerprint density at radius 1 is 0.917 bits per heavy atom. The summed E-state index contributed by atoms with van der Waals surface area (Å²) in [6.07, 6.45) is 3.16. The molecular formula is C28H27ClN4O2S. The number of amides is 2. The maximum absolute atomic E-state index is 12.9. The van der Waals surface area contributed by atoms with Crippen LogP contribution in [0.5, 0.6) is 0 Å². The highest BCUT2D eigenvalue weighted by Gasteiger charge is 2.25. The third-order valence-corrected chi connectivity index (χ3v) is 6.39. The SMILES string of the molecule is Cc1ccc(C(=O)N2CCN(c3c(Cl)cccc3NC(=S)NC(=O)/C=C/c3ccccc3)CC2)cc1. The first-order valence-electron chi connectivity index (χ1n) is 11.7. The molecule has 0 aliphatic carbocycles. The van der Waals surface area contributed by atoms with E-state index >= 15 is 0 Å². The first-order chi connectivity index (χ1) is 17.4. The van der Waals surface area contributed by atoms with Crippen molar-refractivity contribution in [3.63, 3.8) is 0 Å². The summed E-state index contributed by atoms with van der Waals surface area (Å²) in [5.41, 5.74) is 4.22. The number of thiocarbonyl (C=S) groups is 1. The molecule has 0 radical (unpaired) electrons. The fraction of sp³-hybridized carbons (Fsp3) is 0.179. The number of piperazine rings is 1. The predicted octanol–water partition coefficient (Wildman–Crippen LogP) is 5.14. The van der Waals surface area contributed by atoms with Crippen LogP contribution in [0.3, 0.4) is 0 Å². The van der Waals surface area contributed by atoms with Crippen molar-refractivity contribution in [1.82, 2.24) is 10.2 Å². The zero-order valence-electron chi connectivity index (χ0n) is 19.9. The van der Waals surface area contributed by atoms with Crippen molar-refractivity contribution in [2.45, 2.75) is 6.92 Å². The average molecular weight is 519 g/mol. The van der Waals surface area contributed by atoms with Gasteiger partial charge >= 0.3 is 0 Å². The molecule has 8 heteroatoms. The molecule has 2 amide bonds. The van der Waals surface area contributed by atoms with Crippen molar-refractivity contribution in [3.8, 4) is 0 Å². The van der Waals surface area contributed by atoms with Crippen LogP contribution >= 0.6 is 23.8 Å². The molecule has 0 aromatic heterocycles. The van der Waals surface area contributed by atoms with E-state index in [9.17, 15) is 9.59 Å². The molecule has 1 aliphatic heterocycles. The van der Waals surface area contributed by atoms with Gasteiger partial charge in [0.2, 0.25) is 5.91 Å². The van der Waals surface area contributed by atoms with Crippen LogP contribution in [0.2, 0.25) is 5.02 Å². The Hall–Kier alpha value is -3.68. The van der Waals surface area contributed by atoms with Crippen molar-refractivity contribution >= 4 is 58.2 Å². The van der Waals surface area contributed by atoms with Crippen molar-refractivity contribution in [2.75, 3.05) is 36.4 Å². The van der Waals surface area contributed by atoms with Crippen molar-refractivity contribution < 1.29 is 9.59 Å². The summed E-state index contributed by atoms with van der Waals surface area (Å²) in [6, 6.07) is 22.7. The normalized spacial score (nSPS) is 13.5. The van der Waals surface area contributed by atoms with Crippen LogP contribution in [0.1, 0.15) is 21.5 Å². The molecule has 1 saturated heterocycles. The Balaban J connectivity index is 1.38. The average Bonchev–Trinajstić information content (AvgIpc) is 2.88. The third-order valence-electron chi connectivity index (χ3n) is 5.88. The van der Waals surface area contributed by atoms with E-state index in [-0.39, 0.29) is 16.9 Å². The van der Waals surface area contributed by atoms with Gasteiger partial charge in [0.15, 0.2) is 5.11 Å². The van der Waals surface area contributed by atoms with E-state index < -0.39 is 0 Å². The van der Waals surface area contributed by atoms with Gasteiger partial charge in [-0.3, -0.25) is 14.9 Å². The maximum Gasteiger partial charge on any atom is 0.253 e. The molecule has 0 unspecified atom stereocenters. The number of aryl methyl sites for hydroxylation is 1. The number of nitrogens with zero attached hydrogens (tertiary/aromatic N) is 2. The molecule has 6 nitrogen and oxygen atoms in total. The van der Waals surface area contributed by atoms with Crippen LogP contribution in [0.25, 0.3) is 6.08 Å². The minimum atomic E-state index is -0.330. The van der Waals surface area contributed by atoms with Crippen LogP contribution in [-0.4, -0.2) is 48.0 Å². The first-order valence-corrected chi connectivity index (χ1v) is 12.4. The lowest BCUT2D eigenvalue weighted by atomic mass is 10.1. The Bertz CT molecular complexity index is 1270. The summed E-state index contributed by atoms with van der Waals surface area (Å²) in [7, 11) is 0. The molecule has 1 fully saturated rings. The molecule has 3 aromatic rings. The van der Waals surface area contributed by atoms with Crippen LogP contribution in [0.15, 0.2) is 78.9 Å². The number of anilines is 2. The predicted molar refractivity (Wildman–Crippen MR) is 151 cm³/mol. The molecule has 0 saturated carbocycles. The molecule has 2 N–H and O–H groups in total. The van der Waals surface area contributed by atoms with E-state index in [0.29, 0.717) is 42.5 Å². The minimum Gasteiger partial charge on any atom is -0.365 e. The van der Waals surface area contributed by atoms with Gasteiger partial charge in [0.1, 0.15) is 0 Å². The summed E-state index contributed by atoms with van der Waals surface area (Å²) in [5, 5.41) is 6.52.